The normalized spacial score (nSPS) is 22.3. The van der Waals surface area contributed by atoms with Crippen LogP contribution < -0.4 is 5.32 Å². The van der Waals surface area contributed by atoms with Crippen LogP contribution in [0.15, 0.2) is 0 Å². The summed E-state index contributed by atoms with van der Waals surface area (Å²) in [5, 5.41) is 3.10. The molecule has 1 heterocycles. The van der Waals surface area contributed by atoms with E-state index in [1.807, 2.05) is 6.92 Å². The maximum absolute atomic E-state index is 12.2. The van der Waals surface area contributed by atoms with E-state index < -0.39 is 0 Å². The van der Waals surface area contributed by atoms with Crippen LogP contribution >= 0.6 is 24.0 Å². The van der Waals surface area contributed by atoms with Crippen molar-refractivity contribution in [1.29, 1.82) is 0 Å². The Bertz CT molecular complexity index is 323. The standard InChI is InChI=1S/C14H24N2OS2/c1-11(19-14(18)16-9-5-6-10-16)13(17)15-12-7-3-2-4-8-12/h11-12H,2-10H2,1H3,(H,15,17). The number of hydrogen-bond donors (Lipinski definition) is 1. The van der Waals surface area contributed by atoms with Gasteiger partial charge in [-0.2, -0.15) is 0 Å². The molecule has 5 heteroatoms. The molecule has 0 aromatic heterocycles. The molecule has 1 saturated carbocycles. The molecule has 2 fully saturated rings. The van der Waals surface area contributed by atoms with Crippen molar-refractivity contribution in [2.24, 2.45) is 0 Å². The van der Waals surface area contributed by atoms with Crippen molar-refractivity contribution in [3.05, 3.63) is 0 Å². The summed E-state index contributed by atoms with van der Waals surface area (Å²) in [4.78, 5) is 14.4. The number of hydrogen-bond acceptors (Lipinski definition) is 3. The molecular weight excluding hydrogens is 276 g/mol. The molecule has 0 bridgehead atoms. The summed E-state index contributed by atoms with van der Waals surface area (Å²) in [6.07, 6.45) is 8.54. The predicted octanol–water partition coefficient (Wildman–Crippen LogP) is 2.94. The zero-order valence-electron chi connectivity index (χ0n) is 11.7. The Balaban J connectivity index is 1.73. The van der Waals surface area contributed by atoms with Gasteiger partial charge >= 0.3 is 0 Å². The van der Waals surface area contributed by atoms with Crippen molar-refractivity contribution < 1.29 is 4.79 Å². The third-order valence-electron chi connectivity index (χ3n) is 3.96. The fourth-order valence-electron chi connectivity index (χ4n) is 2.74. The Morgan fingerprint density at radius 3 is 2.47 bits per heavy atom. The number of amides is 1. The lowest BCUT2D eigenvalue weighted by atomic mass is 9.95. The molecule has 0 aromatic rings. The molecule has 1 aliphatic carbocycles. The highest BCUT2D eigenvalue weighted by Crippen LogP contribution is 2.22. The first-order valence-corrected chi connectivity index (χ1v) is 8.71. The van der Waals surface area contributed by atoms with E-state index >= 15 is 0 Å². The second-order valence-electron chi connectivity index (χ2n) is 5.56. The lowest BCUT2D eigenvalue weighted by molar-refractivity contribution is -0.121. The minimum atomic E-state index is -0.0740. The lowest BCUT2D eigenvalue weighted by Gasteiger charge is -2.25. The van der Waals surface area contributed by atoms with Gasteiger partial charge in [0.25, 0.3) is 0 Å². The van der Waals surface area contributed by atoms with Crippen LogP contribution in [-0.2, 0) is 4.79 Å². The number of nitrogens with one attached hydrogen (secondary N) is 1. The summed E-state index contributed by atoms with van der Waals surface area (Å²) in [5.74, 6) is 0.151. The molecule has 0 aromatic carbocycles. The van der Waals surface area contributed by atoms with Crippen LogP contribution in [0.2, 0.25) is 0 Å². The van der Waals surface area contributed by atoms with E-state index in [1.165, 1.54) is 43.9 Å². The molecule has 1 N–H and O–H groups in total. The van der Waals surface area contributed by atoms with Crippen LogP contribution in [0.3, 0.4) is 0 Å². The van der Waals surface area contributed by atoms with Gasteiger partial charge in [-0.3, -0.25) is 4.79 Å². The van der Waals surface area contributed by atoms with Gasteiger partial charge in [-0.15, -0.1) is 0 Å². The summed E-state index contributed by atoms with van der Waals surface area (Å²) in [7, 11) is 0. The van der Waals surface area contributed by atoms with Crippen molar-refractivity contribution in [3.63, 3.8) is 0 Å². The maximum atomic E-state index is 12.2. The molecule has 2 aliphatic rings. The van der Waals surface area contributed by atoms with Gasteiger partial charge in [-0.25, -0.2) is 0 Å². The highest BCUT2D eigenvalue weighted by atomic mass is 32.2. The summed E-state index contributed by atoms with van der Waals surface area (Å²) in [5.41, 5.74) is 0. The second-order valence-corrected chi connectivity index (χ2v) is 7.54. The Morgan fingerprint density at radius 2 is 1.84 bits per heavy atom. The Kier molecular flexibility index (Phi) is 5.95. The van der Waals surface area contributed by atoms with Crippen molar-refractivity contribution in [1.82, 2.24) is 10.2 Å². The number of carbonyl (C=O) groups excluding carboxylic acids is 1. The minimum absolute atomic E-state index is 0.0740. The predicted molar refractivity (Wildman–Crippen MR) is 85.5 cm³/mol. The largest absolute Gasteiger partial charge is 0.358 e. The first-order chi connectivity index (χ1) is 9.16. The zero-order chi connectivity index (χ0) is 13.7. The van der Waals surface area contributed by atoms with Gasteiger partial charge in [0.1, 0.15) is 4.32 Å². The molecule has 1 unspecified atom stereocenters. The Labute approximate surface area is 125 Å². The van der Waals surface area contributed by atoms with Crippen molar-refractivity contribution in [2.75, 3.05) is 13.1 Å². The van der Waals surface area contributed by atoms with Crippen LogP contribution in [-0.4, -0.2) is 39.5 Å². The number of thioether (sulfide) groups is 1. The molecule has 0 radical (unpaired) electrons. The van der Waals surface area contributed by atoms with Gasteiger partial charge in [0, 0.05) is 19.1 Å². The van der Waals surface area contributed by atoms with E-state index in [-0.39, 0.29) is 11.2 Å². The number of carbonyl (C=O) groups is 1. The number of nitrogens with zero attached hydrogens (tertiary/aromatic N) is 1. The average molecular weight is 300 g/mol. The molecule has 1 aliphatic heterocycles. The van der Waals surface area contributed by atoms with E-state index in [4.69, 9.17) is 12.2 Å². The molecule has 1 atom stereocenters. The highest BCUT2D eigenvalue weighted by Gasteiger charge is 2.23. The Morgan fingerprint density at radius 1 is 1.21 bits per heavy atom. The Hall–Kier alpha value is -0.290. The van der Waals surface area contributed by atoms with E-state index in [0.29, 0.717) is 6.04 Å². The average Bonchev–Trinajstić information content (AvgIpc) is 2.93. The summed E-state index contributed by atoms with van der Waals surface area (Å²) in [6.45, 7) is 4.08. The SMILES string of the molecule is CC(SC(=S)N1CCCC1)C(=O)NC1CCCCC1. The number of rotatable bonds is 3. The van der Waals surface area contributed by atoms with Crippen LogP contribution in [0.5, 0.6) is 0 Å². The summed E-state index contributed by atoms with van der Waals surface area (Å²) >= 11 is 6.96. The fraction of sp³-hybridized carbons (Fsp3) is 0.857. The summed E-state index contributed by atoms with van der Waals surface area (Å²) in [6, 6.07) is 0.393. The summed E-state index contributed by atoms with van der Waals surface area (Å²) < 4.78 is 0.892. The van der Waals surface area contributed by atoms with Crippen molar-refractivity contribution in [2.45, 2.75) is 63.2 Å². The van der Waals surface area contributed by atoms with Crippen LogP contribution in [0.25, 0.3) is 0 Å². The second kappa shape index (κ2) is 7.48. The lowest BCUT2D eigenvalue weighted by Crippen LogP contribution is -2.41. The smallest absolute Gasteiger partial charge is 0.233 e. The third-order valence-corrected chi connectivity index (χ3v) is 5.54. The van der Waals surface area contributed by atoms with Gasteiger partial charge in [0.15, 0.2) is 0 Å². The molecule has 19 heavy (non-hydrogen) atoms. The van der Waals surface area contributed by atoms with Crippen LogP contribution in [0.4, 0.5) is 0 Å². The van der Waals surface area contributed by atoms with Crippen molar-refractivity contribution >= 4 is 34.2 Å². The topological polar surface area (TPSA) is 32.3 Å². The molecule has 108 valence electrons. The fourth-order valence-corrected chi connectivity index (χ4v) is 4.17. The van der Waals surface area contributed by atoms with Gasteiger partial charge in [0.05, 0.1) is 5.25 Å². The molecule has 2 rings (SSSR count). The maximum Gasteiger partial charge on any atom is 0.233 e. The number of likely N-dealkylation sites (tertiary alicyclic amines) is 1. The van der Waals surface area contributed by atoms with Gasteiger partial charge in [-0.1, -0.05) is 43.2 Å². The first kappa shape index (κ1) is 15.1. The van der Waals surface area contributed by atoms with E-state index in [0.717, 1.165) is 30.3 Å². The minimum Gasteiger partial charge on any atom is -0.358 e. The monoisotopic (exact) mass is 300 g/mol. The van der Waals surface area contributed by atoms with E-state index in [1.54, 1.807) is 0 Å². The first-order valence-electron chi connectivity index (χ1n) is 7.43. The quantitative estimate of drug-likeness (QED) is 0.812. The zero-order valence-corrected chi connectivity index (χ0v) is 13.3. The highest BCUT2D eigenvalue weighted by molar-refractivity contribution is 8.23. The van der Waals surface area contributed by atoms with E-state index in [2.05, 4.69) is 10.2 Å². The molecule has 0 spiro atoms. The van der Waals surface area contributed by atoms with Gasteiger partial charge < -0.3 is 10.2 Å². The van der Waals surface area contributed by atoms with Crippen LogP contribution in [0, 0.1) is 0 Å². The molecular formula is C14H24N2OS2. The molecule has 1 amide bonds. The van der Waals surface area contributed by atoms with Crippen LogP contribution in [0.1, 0.15) is 51.9 Å². The van der Waals surface area contributed by atoms with Gasteiger partial charge in [0.2, 0.25) is 5.91 Å². The molecule has 1 saturated heterocycles. The van der Waals surface area contributed by atoms with E-state index in [9.17, 15) is 4.79 Å². The molecule has 3 nitrogen and oxygen atoms in total. The number of thiocarbonyl (C=S) groups is 1. The van der Waals surface area contributed by atoms with Crippen molar-refractivity contribution in [3.8, 4) is 0 Å². The van der Waals surface area contributed by atoms with Gasteiger partial charge in [-0.05, 0) is 32.6 Å². The third kappa shape index (κ3) is 4.63.